The molecule has 1 N–H and O–H groups in total. The van der Waals surface area contributed by atoms with E-state index in [1.807, 2.05) is 37.3 Å². The number of ether oxygens (including phenoxy) is 2. The highest BCUT2D eigenvalue weighted by molar-refractivity contribution is 5.94. The molecule has 2 aromatic carbocycles. The van der Waals surface area contributed by atoms with Crippen molar-refractivity contribution in [2.45, 2.75) is 6.92 Å². The van der Waals surface area contributed by atoms with E-state index in [1.54, 1.807) is 0 Å². The molecule has 0 saturated carbocycles. The summed E-state index contributed by atoms with van der Waals surface area (Å²) in [6.07, 6.45) is 0. The van der Waals surface area contributed by atoms with Crippen LogP contribution in [0.1, 0.15) is 27.6 Å². The van der Waals surface area contributed by atoms with Crippen LogP contribution in [0.15, 0.2) is 54.6 Å². The smallest absolute Gasteiger partial charge is 0.338 e. The molecule has 1 atom stereocenters. The predicted octanol–water partition coefficient (Wildman–Crippen LogP) is 3.26. The van der Waals surface area contributed by atoms with Gasteiger partial charge in [-0.3, -0.25) is 0 Å². The number of carboxylic acids is 1. The van der Waals surface area contributed by atoms with Crippen molar-refractivity contribution in [3.05, 3.63) is 65.7 Å². The molecule has 0 spiro atoms. The van der Waals surface area contributed by atoms with Gasteiger partial charge in [0.25, 0.3) is 0 Å². The molecule has 0 radical (unpaired) electrons. The Morgan fingerprint density at radius 1 is 1.00 bits per heavy atom. The molecule has 2 aromatic rings. The van der Waals surface area contributed by atoms with E-state index in [0.717, 1.165) is 5.75 Å². The lowest BCUT2D eigenvalue weighted by atomic mass is 10.1. The first-order valence-electron chi connectivity index (χ1n) is 7.24. The van der Waals surface area contributed by atoms with Crippen molar-refractivity contribution >= 4 is 11.9 Å². The highest BCUT2D eigenvalue weighted by Gasteiger charge is 2.12. The fourth-order valence-electron chi connectivity index (χ4n) is 1.88. The number of benzene rings is 2. The highest BCUT2D eigenvalue weighted by Crippen LogP contribution is 2.11. The van der Waals surface area contributed by atoms with Gasteiger partial charge in [0.15, 0.2) is 0 Å². The van der Waals surface area contributed by atoms with Crippen molar-refractivity contribution in [2.24, 2.45) is 5.92 Å². The topological polar surface area (TPSA) is 72.8 Å². The van der Waals surface area contributed by atoms with Crippen molar-refractivity contribution in [1.29, 1.82) is 0 Å². The molecule has 0 heterocycles. The minimum absolute atomic E-state index is 0.0156. The van der Waals surface area contributed by atoms with Crippen molar-refractivity contribution in [1.82, 2.24) is 0 Å². The van der Waals surface area contributed by atoms with E-state index in [-0.39, 0.29) is 23.7 Å². The highest BCUT2D eigenvalue weighted by atomic mass is 16.5. The molecule has 5 heteroatoms. The van der Waals surface area contributed by atoms with Gasteiger partial charge >= 0.3 is 11.9 Å². The Morgan fingerprint density at radius 2 is 1.70 bits per heavy atom. The summed E-state index contributed by atoms with van der Waals surface area (Å²) in [5.74, 6) is -0.842. The second-order valence-corrected chi connectivity index (χ2v) is 5.21. The number of carbonyl (C=O) groups excluding carboxylic acids is 1. The largest absolute Gasteiger partial charge is 0.493 e. The third kappa shape index (κ3) is 5.14. The molecule has 0 fully saturated rings. The van der Waals surface area contributed by atoms with Crippen LogP contribution in [0.2, 0.25) is 0 Å². The zero-order valence-electron chi connectivity index (χ0n) is 12.8. The van der Waals surface area contributed by atoms with Gasteiger partial charge in [-0.1, -0.05) is 31.2 Å². The molecule has 0 aliphatic rings. The van der Waals surface area contributed by atoms with Crippen molar-refractivity contribution in [3.63, 3.8) is 0 Å². The van der Waals surface area contributed by atoms with E-state index in [9.17, 15) is 9.59 Å². The number of esters is 1. The van der Waals surface area contributed by atoms with Gasteiger partial charge in [0, 0.05) is 5.92 Å². The van der Waals surface area contributed by atoms with Crippen LogP contribution in [0.25, 0.3) is 0 Å². The first-order valence-corrected chi connectivity index (χ1v) is 7.24. The van der Waals surface area contributed by atoms with Gasteiger partial charge < -0.3 is 14.6 Å². The SMILES string of the molecule is CC(COC(=O)c1cccc(C(=O)O)c1)COc1ccccc1. The second kappa shape index (κ2) is 7.98. The third-order valence-corrected chi connectivity index (χ3v) is 3.12. The van der Waals surface area contributed by atoms with Crippen LogP contribution in [-0.4, -0.2) is 30.3 Å². The fraction of sp³-hybridized carbons (Fsp3) is 0.222. The summed E-state index contributed by atoms with van der Waals surface area (Å²) in [5.41, 5.74) is 0.279. The lowest BCUT2D eigenvalue weighted by molar-refractivity contribution is 0.0415. The van der Waals surface area contributed by atoms with Crippen molar-refractivity contribution in [3.8, 4) is 5.75 Å². The summed E-state index contributed by atoms with van der Waals surface area (Å²) in [6, 6.07) is 15.2. The Hall–Kier alpha value is -2.82. The summed E-state index contributed by atoms with van der Waals surface area (Å²) in [4.78, 5) is 22.8. The average Bonchev–Trinajstić information content (AvgIpc) is 2.58. The molecule has 0 saturated heterocycles. The Morgan fingerprint density at radius 3 is 2.39 bits per heavy atom. The van der Waals surface area contributed by atoms with Crippen LogP contribution in [-0.2, 0) is 4.74 Å². The quantitative estimate of drug-likeness (QED) is 0.794. The van der Waals surface area contributed by atoms with Crippen LogP contribution in [0.3, 0.4) is 0 Å². The summed E-state index contributed by atoms with van der Waals surface area (Å²) >= 11 is 0. The molecule has 0 aliphatic carbocycles. The van der Waals surface area contributed by atoms with E-state index in [4.69, 9.17) is 14.6 Å². The second-order valence-electron chi connectivity index (χ2n) is 5.21. The van der Waals surface area contributed by atoms with Crippen LogP contribution < -0.4 is 4.74 Å². The zero-order chi connectivity index (χ0) is 16.7. The number of aromatic carboxylic acids is 1. The number of carboxylic acid groups (broad SMARTS) is 1. The van der Waals surface area contributed by atoms with E-state index in [2.05, 4.69) is 0 Å². The van der Waals surface area contributed by atoms with Gasteiger partial charge in [0.05, 0.1) is 24.3 Å². The van der Waals surface area contributed by atoms with Crippen LogP contribution in [0.4, 0.5) is 0 Å². The molecule has 0 amide bonds. The van der Waals surface area contributed by atoms with Gasteiger partial charge in [0.1, 0.15) is 5.75 Å². The molecule has 5 nitrogen and oxygen atoms in total. The molecule has 120 valence electrons. The van der Waals surface area contributed by atoms with Gasteiger partial charge in [-0.15, -0.1) is 0 Å². The van der Waals surface area contributed by atoms with Crippen LogP contribution in [0.5, 0.6) is 5.75 Å². The Kier molecular flexibility index (Phi) is 5.74. The third-order valence-electron chi connectivity index (χ3n) is 3.12. The maximum atomic E-state index is 11.9. The monoisotopic (exact) mass is 314 g/mol. The standard InChI is InChI=1S/C18H18O5/c1-13(11-22-16-8-3-2-4-9-16)12-23-18(21)15-7-5-6-14(10-15)17(19)20/h2-10,13H,11-12H2,1H3,(H,19,20). The van der Waals surface area contributed by atoms with Gasteiger partial charge in [0.2, 0.25) is 0 Å². The minimum atomic E-state index is -1.08. The normalized spacial score (nSPS) is 11.5. The average molecular weight is 314 g/mol. The number of hydrogen-bond donors (Lipinski definition) is 1. The van der Waals surface area contributed by atoms with Crippen LogP contribution in [0, 0.1) is 5.92 Å². The summed E-state index contributed by atoms with van der Waals surface area (Å²) in [6.45, 7) is 2.53. The number of hydrogen-bond acceptors (Lipinski definition) is 4. The van der Waals surface area contributed by atoms with E-state index in [0.29, 0.717) is 6.61 Å². The minimum Gasteiger partial charge on any atom is -0.493 e. The van der Waals surface area contributed by atoms with Gasteiger partial charge in [-0.2, -0.15) is 0 Å². The Balaban J connectivity index is 1.81. The lowest BCUT2D eigenvalue weighted by Crippen LogP contribution is -2.18. The fourth-order valence-corrected chi connectivity index (χ4v) is 1.88. The summed E-state index contributed by atoms with van der Waals surface area (Å²) < 4.78 is 10.8. The van der Waals surface area contributed by atoms with E-state index in [1.165, 1.54) is 24.3 Å². The van der Waals surface area contributed by atoms with Gasteiger partial charge in [-0.05, 0) is 30.3 Å². The first-order chi connectivity index (χ1) is 11.1. The number of rotatable bonds is 7. The molecule has 1 unspecified atom stereocenters. The Bertz CT molecular complexity index is 666. The number of para-hydroxylation sites is 1. The maximum absolute atomic E-state index is 11.9. The van der Waals surface area contributed by atoms with Crippen LogP contribution >= 0.6 is 0 Å². The maximum Gasteiger partial charge on any atom is 0.338 e. The van der Waals surface area contributed by atoms with Crippen molar-refractivity contribution < 1.29 is 24.2 Å². The molecule has 0 aliphatic heterocycles. The molecule has 2 rings (SSSR count). The summed E-state index contributed by atoms with van der Waals surface area (Å²) in [7, 11) is 0. The molecule has 23 heavy (non-hydrogen) atoms. The van der Waals surface area contributed by atoms with Crippen molar-refractivity contribution in [2.75, 3.05) is 13.2 Å². The molecular formula is C18H18O5. The Labute approximate surface area is 134 Å². The molecule has 0 aromatic heterocycles. The lowest BCUT2D eigenvalue weighted by Gasteiger charge is -2.13. The van der Waals surface area contributed by atoms with E-state index >= 15 is 0 Å². The predicted molar refractivity (Wildman–Crippen MR) is 84.8 cm³/mol. The molecule has 0 bridgehead atoms. The summed E-state index contributed by atoms with van der Waals surface area (Å²) in [5, 5.41) is 8.92. The molecular weight excluding hydrogens is 296 g/mol. The van der Waals surface area contributed by atoms with E-state index < -0.39 is 11.9 Å². The zero-order valence-corrected chi connectivity index (χ0v) is 12.8. The first kappa shape index (κ1) is 16.5. The number of carbonyl (C=O) groups is 2. The van der Waals surface area contributed by atoms with Gasteiger partial charge in [-0.25, -0.2) is 9.59 Å².